The van der Waals surface area contributed by atoms with Gasteiger partial charge in [0.15, 0.2) is 0 Å². The van der Waals surface area contributed by atoms with E-state index in [2.05, 4.69) is 5.32 Å². The lowest BCUT2D eigenvalue weighted by Crippen LogP contribution is -2.41. The van der Waals surface area contributed by atoms with Crippen LogP contribution < -0.4 is 5.32 Å². The number of rotatable bonds is 6. The topological polar surface area (TPSA) is 95.9 Å². The fourth-order valence-corrected chi connectivity index (χ4v) is 2.17. The zero-order valence-electron chi connectivity index (χ0n) is 12.8. The smallest absolute Gasteiger partial charge is 0.317 e. The highest BCUT2D eigenvalue weighted by molar-refractivity contribution is 5.79. The number of esters is 1. The molecule has 0 aliphatic carbocycles. The second kappa shape index (κ2) is 7.28. The van der Waals surface area contributed by atoms with Crippen LogP contribution in [0.2, 0.25) is 0 Å². The van der Waals surface area contributed by atoms with Gasteiger partial charge in [0.05, 0.1) is 11.5 Å². The van der Waals surface area contributed by atoms with Gasteiger partial charge in [-0.3, -0.25) is 9.59 Å². The highest BCUT2D eigenvalue weighted by Crippen LogP contribution is 2.29. The Morgan fingerprint density at radius 3 is 2.57 bits per heavy atom. The van der Waals surface area contributed by atoms with Crippen LogP contribution in [0, 0.1) is 5.41 Å². The lowest BCUT2D eigenvalue weighted by Gasteiger charge is -2.20. The van der Waals surface area contributed by atoms with Crippen LogP contribution in [-0.4, -0.2) is 53.7 Å². The Balaban J connectivity index is 2.24. The lowest BCUT2D eigenvalue weighted by atomic mass is 9.90. The molecule has 0 aromatic carbocycles. The molecule has 0 bridgehead atoms. The first-order valence-corrected chi connectivity index (χ1v) is 7.20. The fraction of sp³-hybridized carbons (Fsp3) is 0.786. The van der Waals surface area contributed by atoms with Gasteiger partial charge in [-0.1, -0.05) is 0 Å². The molecule has 0 saturated carbocycles. The zero-order valence-corrected chi connectivity index (χ0v) is 12.8. The third-order valence-electron chi connectivity index (χ3n) is 3.48. The number of nitrogens with one attached hydrogen (secondary N) is 1. The summed E-state index contributed by atoms with van der Waals surface area (Å²) in [7, 11) is 0. The molecule has 0 spiro atoms. The molecule has 21 heavy (non-hydrogen) atoms. The van der Waals surface area contributed by atoms with E-state index in [4.69, 9.17) is 9.84 Å². The predicted octanol–water partition coefficient (Wildman–Crippen LogP) is 1.22. The van der Waals surface area contributed by atoms with Crippen LogP contribution >= 0.6 is 0 Å². The van der Waals surface area contributed by atoms with Gasteiger partial charge >= 0.3 is 18.0 Å². The van der Waals surface area contributed by atoms with Gasteiger partial charge in [-0.2, -0.15) is 0 Å². The number of carboxylic acid groups (broad SMARTS) is 1. The van der Waals surface area contributed by atoms with Gasteiger partial charge in [0.2, 0.25) is 0 Å². The molecule has 2 N–H and O–H groups in total. The molecule has 7 heteroatoms. The molecule has 7 nitrogen and oxygen atoms in total. The van der Waals surface area contributed by atoms with E-state index < -0.39 is 11.4 Å². The summed E-state index contributed by atoms with van der Waals surface area (Å²) in [5.41, 5.74) is -0.863. The van der Waals surface area contributed by atoms with Gasteiger partial charge < -0.3 is 20.1 Å². The number of amides is 2. The number of ether oxygens (including phenoxy) is 1. The van der Waals surface area contributed by atoms with E-state index in [1.165, 1.54) is 4.90 Å². The molecule has 0 aromatic rings. The van der Waals surface area contributed by atoms with Crippen LogP contribution in [0.5, 0.6) is 0 Å². The highest BCUT2D eigenvalue weighted by Gasteiger charge is 2.42. The number of hydrogen-bond acceptors (Lipinski definition) is 4. The summed E-state index contributed by atoms with van der Waals surface area (Å²) in [5, 5.41) is 11.8. The Labute approximate surface area is 124 Å². The van der Waals surface area contributed by atoms with Gasteiger partial charge in [-0.15, -0.1) is 0 Å². The summed E-state index contributed by atoms with van der Waals surface area (Å²) in [6.07, 6.45) is 1.08. The second-order valence-electron chi connectivity index (χ2n) is 5.91. The van der Waals surface area contributed by atoms with Crippen LogP contribution in [0.1, 0.15) is 40.0 Å². The van der Waals surface area contributed by atoms with Crippen molar-refractivity contribution in [1.29, 1.82) is 0 Å². The van der Waals surface area contributed by atoms with E-state index in [-0.39, 0.29) is 31.1 Å². The number of carbonyl (C=O) groups is 3. The molecule has 1 atom stereocenters. The van der Waals surface area contributed by atoms with Crippen LogP contribution in [0.3, 0.4) is 0 Å². The number of hydrogen-bond donors (Lipinski definition) is 2. The maximum absolute atomic E-state index is 11.9. The first kappa shape index (κ1) is 17.3. The van der Waals surface area contributed by atoms with Gasteiger partial charge in [0.1, 0.15) is 0 Å². The number of urea groups is 1. The van der Waals surface area contributed by atoms with Gasteiger partial charge in [-0.05, 0) is 33.6 Å². The minimum absolute atomic E-state index is 0.134. The van der Waals surface area contributed by atoms with Gasteiger partial charge in [0.25, 0.3) is 0 Å². The van der Waals surface area contributed by atoms with Crippen LogP contribution in [0.4, 0.5) is 4.79 Å². The Morgan fingerprint density at radius 1 is 1.38 bits per heavy atom. The third kappa shape index (κ3) is 5.24. The van der Waals surface area contributed by atoms with E-state index in [0.717, 1.165) is 0 Å². The maximum atomic E-state index is 11.9. The third-order valence-corrected chi connectivity index (χ3v) is 3.48. The molecule has 0 aromatic heterocycles. The summed E-state index contributed by atoms with van der Waals surface area (Å²) in [5.74, 6) is -1.16. The van der Waals surface area contributed by atoms with Crippen molar-refractivity contribution in [3.63, 3.8) is 0 Å². The van der Waals surface area contributed by atoms with E-state index in [1.807, 2.05) is 0 Å². The Morgan fingerprint density at radius 2 is 2.05 bits per heavy atom. The van der Waals surface area contributed by atoms with Crippen molar-refractivity contribution in [3.8, 4) is 0 Å². The number of carboxylic acids is 1. The van der Waals surface area contributed by atoms with E-state index in [0.29, 0.717) is 25.9 Å². The van der Waals surface area contributed by atoms with Crippen molar-refractivity contribution in [2.24, 2.45) is 5.41 Å². The number of likely N-dealkylation sites (tertiary alicyclic amines) is 1. The number of carbonyl (C=O) groups excluding carboxylic acids is 2. The summed E-state index contributed by atoms with van der Waals surface area (Å²) in [6.45, 7) is 6.23. The molecule has 1 saturated heterocycles. The maximum Gasteiger partial charge on any atom is 0.317 e. The van der Waals surface area contributed by atoms with Gasteiger partial charge in [0, 0.05) is 26.1 Å². The van der Waals surface area contributed by atoms with Crippen molar-refractivity contribution in [2.75, 3.05) is 19.6 Å². The Hall–Kier alpha value is -1.79. The molecule has 1 unspecified atom stereocenters. The standard InChI is InChI=1S/C14H24N2O5/c1-10(2)21-11(17)5-4-7-15-13(20)16-8-6-14(3,9-16)12(18)19/h10H,4-9H2,1-3H3,(H,15,20)(H,18,19). The van der Waals surface area contributed by atoms with Crippen molar-refractivity contribution < 1.29 is 24.2 Å². The van der Waals surface area contributed by atoms with Crippen molar-refractivity contribution in [2.45, 2.75) is 46.1 Å². The van der Waals surface area contributed by atoms with E-state index in [9.17, 15) is 14.4 Å². The summed E-state index contributed by atoms with van der Waals surface area (Å²) >= 11 is 0. The minimum atomic E-state index is -0.880. The van der Waals surface area contributed by atoms with Crippen LogP contribution in [0.25, 0.3) is 0 Å². The predicted molar refractivity (Wildman–Crippen MR) is 75.8 cm³/mol. The zero-order chi connectivity index (χ0) is 16.0. The Bertz CT molecular complexity index is 410. The molecule has 2 amide bonds. The molecular weight excluding hydrogens is 276 g/mol. The first-order chi connectivity index (χ1) is 9.74. The first-order valence-electron chi connectivity index (χ1n) is 7.20. The SMILES string of the molecule is CC(C)OC(=O)CCCNC(=O)N1CCC(C)(C(=O)O)C1. The monoisotopic (exact) mass is 300 g/mol. The molecule has 0 radical (unpaired) electrons. The summed E-state index contributed by atoms with van der Waals surface area (Å²) < 4.78 is 4.98. The molecule has 120 valence electrons. The molecule has 1 rings (SSSR count). The van der Waals surface area contributed by atoms with Gasteiger partial charge in [-0.25, -0.2) is 4.79 Å². The molecule has 1 aliphatic rings. The average Bonchev–Trinajstić information content (AvgIpc) is 2.78. The quantitative estimate of drug-likeness (QED) is 0.568. The highest BCUT2D eigenvalue weighted by atomic mass is 16.5. The summed E-state index contributed by atoms with van der Waals surface area (Å²) in [4.78, 5) is 35.8. The number of aliphatic carboxylic acids is 1. The Kier molecular flexibility index (Phi) is 5.99. The van der Waals surface area contributed by atoms with E-state index >= 15 is 0 Å². The number of nitrogens with zero attached hydrogens (tertiary/aromatic N) is 1. The molecule has 1 aliphatic heterocycles. The fourth-order valence-electron chi connectivity index (χ4n) is 2.17. The minimum Gasteiger partial charge on any atom is -0.481 e. The van der Waals surface area contributed by atoms with Crippen molar-refractivity contribution in [3.05, 3.63) is 0 Å². The van der Waals surface area contributed by atoms with E-state index in [1.54, 1.807) is 20.8 Å². The van der Waals surface area contributed by atoms with Crippen molar-refractivity contribution >= 4 is 18.0 Å². The van der Waals surface area contributed by atoms with Crippen molar-refractivity contribution in [1.82, 2.24) is 10.2 Å². The van der Waals surface area contributed by atoms with Crippen LogP contribution in [0.15, 0.2) is 0 Å². The molecule has 1 fully saturated rings. The second-order valence-corrected chi connectivity index (χ2v) is 5.91. The lowest BCUT2D eigenvalue weighted by molar-refractivity contribution is -0.148. The normalized spacial score (nSPS) is 21.4. The average molecular weight is 300 g/mol. The summed E-state index contributed by atoms with van der Waals surface area (Å²) in [6, 6.07) is -0.280. The molecular formula is C14H24N2O5. The largest absolute Gasteiger partial charge is 0.481 e. The molecule has 1 heterocycles. The van der Waals surface area contributed by atoms with Crippen LogP contribution in [-0.2, 0) is 14.3 Å².